The van der Waals surface area contributed by atoms with Gasteiger partial charge in [-0.1, -0.05) is 5.16 Å². The van der Waals surface area contributed by atoms with Crippen LogP contribution in [0.2, 0.25) is 0 Å². The number of hydrogen-bond acceptors (Lipinski definition) is 5. The molecule has 0 amide bonds. The first-order valence-corrected chi connectivity index (χ1v) is 6.95. The van der Waals surface area contributed by atoms with E-state index in [1.54, 1.807) is 0 Å². The molecule has 0 bridgehead atoms. The van der Waals surface area contributed by atoms with Crippen LogP contribution in [-0.4, -0.2) is 29.9 Å². The molecule has 1 atom stereocenters. The quantitative estimate of drug-likeness (QED) is 0.870. The van der Waals surface area contributed by atoms with Gasteiger partial charge in [0.25, 0.3) is 0 Å². The molecule has 2 aliphatic rings. The predicted molar refractivity (Wildman–Crippen MR) is 66.3 cm³/mol. The molecule has 0 saturated carbocycles. The van der Waals surface area contributed by atoms with Crippen LogP contribution in [-0.2, 0) is 10.3 Å². The summed E-state index contributed by atoms with van der Waals surface area (Å²) in [7, 11) is 0. The Kier molecular flexibility index (Phi) is 3.35. The van der Waals surface area contributed by atoms with Gasteiger partial charge in [0.05, 0.1) is 5.54 Å². The number of nitrogens with zero attached hydrogens (tertiary/aromatic N) is 2. The molecule has 2 fully saturated rings. The number of piperidine rings is 1. The fourth-order valence-electron chi connectivity index (χ4n) is 2.82. The van der Waals surface area contributed by atoms with E-state index in [4.69, 9.17) is 9.26 Å². The van der Waals surface area contributed by atoms with Gasteiger partial charge in [0, 0.05) is 19.1 Å². The highest BCUT2D eigenvalue weighted by Crippen LogP contribution is 2.31. The molecule has 2 saturated heterocycles. The largest absolute Gasteiger partial charge is 0.381 e. The third kappa shape index (κ3) is 2.29. The molecule has 5 heteroatoms. The van der Waals surface area contributed by atoms with E-state index in [0.29, 0.717) is 5.92 Å². The van der Waals surface area contributed by atoms with Crippen molar-refractivity contribution in [1.29, 1.82) is 0 Å². The molecule has 1 aromatic heterocycles. The molecule has 0 aliphatic carbocycles. The standard InChI is InChI=1S/C13H21N3O2/c1-13(6-2-3-7-14-13)12-15-11(16-18-12)10-4-8-17-9-5-10/h10,14H,2-9H2,1H3. The van der Waals surface area contributed by atoms with E-state index in [1.807, 2.05) is 0 Å². The van der Waals surface area contributed by atoms with Gasteiger partial charge in [-0.05, 0) is 45.6 Å². The predicted octanol–water partition coefficient (Wildman–Crippen LogP) is 1.95. The van der Waals surface area contributed by atoms with Crippen molar-refractivity contribution in [2.45, 2.75) is 50.5 Å². The van der Waals surface area contributed by atoms with Crippen LogP contribution in [0.15, 0.2) is 4.52 Å². The van der Waals surface area contributed by atoms with Crippen molar-refractivity contribution in [2.24, 2.45) is 0 Å². The Hall–Kier alpha value is -0.940. The molecule has 1 aromatic rings. The molecule has 0 radical (unpaired) electrons. The summed E-state index contributed by atoms with van der Waals surface area (Å²) in [6.07, 6.45) is 5.53. The monoisotopic (exact) mass is 251 g/mol. The van der Waals surface area contributed by atoms with Crippen LogP contribution in [0.4, 0.5) is 0 Å². The Morgan fingerprint density at radius 3 is 2.83 bits per heavy atom. The zero-order chi connectivity index (χ0) is 12.4. The maximum absolute atomic E-state index is 5.50. The first-order valence-electron chi connectivity index (χ1n) is 6.95. The van der Waals surface area contributed by atoms with Crippen LogP contribution >= 0.6 is 0 Å². The summed E-state index contributed by atoms with van der Waals surface area (Å²) in [5.41, 5.74) is -0.130. The molecule has 3 heterocycles. The smallest absolute Gasteiger partial charge is 0.246 e. The zero-order valence-electron chi connectivity index (χ0n) is 10.9. The van der Waals surface area contributed by atoms with E-state index in [-0.39, 0.29) is 5.54 Å². The Balaban J connectivity index is 1.75. The number of rotatable bonds is 2. The van der Waals surface area contributed by atoms with Crippen molar-refractivity contribution < 1.29 is 9.26 Å². The second kappa shape index (κ2) is 4.97. The van der Waals surface area contributed by atoms with Crippen molar-refractivity contribution in [2.75, 3.05) is 19.8 Å². The third-order valence-corrected chi connectivity index (χ3v) is 4.12. The van der Waals surface area contributed by atoms with Gasteiger partial charge in [-0.25, -0.2) is 0 Å². The minimum Gasteiger partial charge on any atom is -0.381 e. The molecule has 100 valence electrons. The van der Waals surface area contributed by atoms with E-state index in [9.17, 15) is 0 Å². The van der Waals surface area contributed by atoms with Crippen molar-refractivity contribution >= 4 is 0 Å². The summed E-state index contributed by atoms with van der Waals surface area (Å²) < 4.78 is 10.9. The highest BCUT2D eigenvalue weighted by Gasteiger charge is 2.35. The van der Waals surface area contributed by atoms with Crippen molar-refractivity contribution in [3.63, 3.8) is 0 Å². The highest BCUT2D eigenvalue weighted by atomic mass is 16.5. The summed E-state index contributed by atoms with van der Waals surface area (Å²) >= 11 is 0. The van der Waals surface area contributed by atoms with Crippen molar-refractivity contribution in [3.05, 3.63) is 11.7 Å². The lowest BCUT2D eigenvalue weighted by Crippen LogP contribution is -2.43. The number of hydrogen-bond donors (Lipinski definition) is 1. The first-order chi connectivity index (χ1) is 8.78. The number of nitrogens with one attached hydrogen (secondary N) is 1. The topological polar surface area (TPSA) is 60.2 Å². The molecule has 0 spiro atoms. The zero-order valence-corrected chi connectivity index (χ0v) is 10.9. The van der Waals surface area contributed by atoms with E-state index in [0.717, 1.165) is 50.7 Å². The van der Waals surface area contributed by atoms with Gasteiger partial charge in [0.15, 0.2) is 5.82 Å². The summed E-state index contributed by atoms with van der Waals surface area (Å²) in [5.74, 6) is 2.02. The van der Waals surface area contributed by atoms with Crippen LogP contribution in [0.3, 0.4) is 0 Å². The molecule has 3 rings (SSSR count). The van der Waals surface area contributed by atoms with Gasteiger partial charge < -0.3 is 14.6 Å². The van der Waals surface area contributed by atoms with Gasteiger partial charge in [-0.2, -0.15) is 4.98 Å². The normalized spacial score (nSPS) is 30.5. The molecule has 1 unspecified atom stereocenters. The van der Waals surface area contributed by atoms with E-state index in [1.165, 1.54) is 12.8 Å². The average Bonchev–Trinajstić information content (AvgIpc) is 2.91. The molecule has 0 aromatic carbocycles. The summed E-state index contributed by atoms with van der Waals surface area (Å²) in [6.45, 7) is 4.81. The van der Waals surface area contributed by atoms with Crippen LogP contribution in [0.5, 0.6) is 0 Å². The molecular formula is C13H21N3O2. The summed E-state index contributed by atoms with van der Waals surface area (Å²) in [5, 5.41) is 7.69. The van der Waals surface area contributed by atoms with Crippen LogP contribution in [0.1, 0.15) is 56.7 Å². The molecule has 5 nitrogen and oxygen atoms in total. The minimum atomic E-state index is -0.130. The van der Waals surface area contributed by atoms with E-state index in [2.05, 4.69) is 22.4 Å². The average molecular weight is 251 g/mol. The van der Waals surface area contributed by atoms with Crippen LogP contribution < -0.4 is 5.32 Å². The Bertz CT molecular complexity index is 393. The maximum atomic E-state index is 5.50. The Morgan fingerprint density at radius 1 is 1.28 bits per heavy atom. The number of ether oxygens (including phenoxy) is 1. The van der Waals surface area contributed by atoms with Crippen molar-refractivity contribution in [1.82, 2.24) is 15.5 Å². The van der Waals surface area contributed by atoms with Gasteiger partial charge >= 0.3 is 0 Å². The van der Waals surface area contributed by atoms with Crippen LogP contribution in [0.25, 0.3) is 0 Å². The second-order valence-electron chi connectivity index (χ2n) is 5.56. The SMILES string of the molecule is CC1(c2nc(C3CCOCC3)no2)CCCCN1. The molecule has 18 heavy (non-hydrogen) atoms. The highest BCUT2D eigenvalue weighted by molar-refractivity contribution is 5.05. The summed E-state index contributed by atoms with van der Waals surface area (Å²) in [6, 6.07) is 0. The third-order valence-electron chi connectivity index (χ3n) is 4.12. The molecule has 1 N–H and O–H groups in total. The van der Waals surface area contributed by atoms with Gasteiger partial charge in [0.1, 0.15) is 0 Å². The Labute approximate surface area is 107 Å². The lowest BCUT2D eigenvalue weighted by molar-refractivity contribution is 0.0830. The van der Waals surface area contributed by atoms with Gasteiger partial charge in [-0.15, -0.1) is 0 Å². The van der Waals surface area contributed by atoms with Gasteiger partial charge in [0.2, 0.25) is 5.89 Å². The lowest BCUT2D eigenvalue weighted by Gasteiger charge is -2.31. The van der Waals surface area contributed by atoms with E-state index >= 15 is 0 Å². The second-order valence-corrected chi connectivity index (χ2v) is 5.56. The van der Waals surface area contributed by atoms with Gasteiger partial charge in [-0.3, -0.25) is 0 Å². The first kappa shape index (κ1) is 12.1. The van der Waals surface area contributed by atoms with Crippen LogP contribution in [0, 0.1) is 0 Å². The maximum Gasteiger partial charge on any atom is 0.246 e. The molecular weight excluding hydrogens is 230 g/mol. The lowest BCUT2D eigenvalue weighted by atomic mass is 9.91. The van der Waals surface area contributed by atoms with Crippen molar-refractivity contribution in [3.8, 4) is 0 Å². The fourth-order valence-corrected chi connectivity index (χ4v) is 2.82. The molecule has 2 aliphatic heterocycles. The fraction of sp³-hybridized carbons (Fsp3) is 0.846. The van der Waals surface area contributed by atoms with E-state index < -0.39 is 0 Å². The Morgan fingerprint density at radius 2 is 2.11 bits per heavy atom. The minimum absolute atomic E-state index is 0.130. The number of aromatic nitrogens is 2. The summed E-state index contributed by atoms with van der Waals surface area (Å²) in [4.78, 5) is 4.63.